The van der Waals surface area contributed by atoms with Gasteiger partial charge in [0, 0.05) is 11.8 Å². The Labute approximate surface area is 89.4 Å². The number of hydrogen-bond acceptors (Lipinski definition) is 2. The zero-order valence-corrected chi connectivity index (χ0v) is 8.61. The van der Waals surface area contributed by atoms with Crippen LogP contribution in [-0.2, 0) is 9.59 Å². The van der Waals surface area contributed by atoms with Crippen LogP contribution >= 0.6 is 0 Å². The smallest absolute Gasteiger partial charge is 0.178 e. The second-order valence-electron chi connectivity index (χ2n) is 4.44. The van der Waals surface area contributed by atoms with Gasteiger partial charge in [-0.1, -0.05) is 24.3 Å². The minimum absolute atomic E-state index is 0.0430. The molecule has 2 aliphatic carbocycles. The molecule has 0 aliphatic heterocycles. The lowest BCUT2D eigenvalue weighted by molar-refractivity contribution is -0.111. The number of rotatable bonds is 2. The molecule has 2 heteroatoms. The summed E-state index contributed by atoms with van der Waals surface area (Å²) in [5, 5.41) is 0. The lowest BCUT2D eigenvalue weighted by atomic mass is 9.81. The molecule has 0 unspecified atom stereocenters. The van der Waals surface area contributed by atoms with Crippen LogP contribution in [0.3, 0.4) is 0 Å². The molecule has 0 amide bonds. The van der Waals surface area contributed by atoms with Crippen molar-refractivity contribution in [3.8, 4) is 0 Å². The molecule has 2 nitrogen and oxygen atoms in total. The molecular weight excluding hydrogens is 188 g/mol. The van der Waals surface area contributed by atoms with Gasteiger partial charge in [0.05, 0.1) is 0 Å². The normalized spacial score (nSPS) is 27.6. The fraction of sp³-hybridized carbons (Fsp3) is 0.385. The first-order valence-corrected chi connectivity index (χ1v) is 5.19. The Balaban J connectivity index is 2.17. The third-order valence-electron chi connectivity index (χ3n) is 3.30. The minimum atomic E-state index is -0.0430. The van der Waals surface area contributed by atoms with Gasteiger partial charge >= 0.3 is 0 Å². The average molecular weight is 202 g/mol. The van der Waals surface area contributed by atoms with Crippen molar-refractivity contribution in [2.75, 3.05) is 0 Å². The van der Waals surface area contributed by atoms with E-state index in [2.05, 4.69) is 6.58 Å². The van der Waals surface area contributed by atoms with Gasteiger partial charge in [-0.25, -0.2) is 0 Å². The maximum absolute atomic E-state index is 11.0. The van der Waals surface area contributed by atoms with E-state index in [1.54, 1.807) is 12.2 Å². The molecule has 0 N–H and O–H groups in total. The van der Waals surface area contributed by atoms with E-state index in [0.717, 1.165) is 24.7 Å². The first-order chi connectivity index (χ1) is 7.15. The van der Waals surface area contributed by atoms with Gasteiger partial charge in [-0.3, -0.25) is 4.79 Å². The van der Waals surface area contributed by atoms with Gasteiger partial charge in [-0.05, 0) is 30.9 Å². The predicted molar refractivity (Wildman–Crippen MR) is 58.3 cm³/mol. The van der Waals surface area contributed by atoms with Crippen LogP contribution in [0.4, 0.5) is 0 Å². The quantitative estimate of drug-likeness (QED) is 0.508. The van der Waals surface area contributed by atoms with Crippen LogP contribution in [0.5, 0.6) is 0 Å². The Bertz CT molecular complexity index is 358. The summed E-state index contributed by atoms with van der Waals surface area (Å²) in [6, 6.07) is 0. The van der Waals surface area contributed by atoms with E-state index in [0.29, 0.717) is 6.42 Å². The van der Waals surface area contributed by atoms with Crippen molar-refractivity contribution in [1.82, 2.24) is 0 Å². The molecular formula is C13H14O2. The lowest BCUT2D eigenvalue weighted by Gasteiger charge is -2.22. The highest BCUT2D eigenvalue weighted by molar-refractivity contribution is 6.00. The molecule has 0 aromatic rings. The molecule has 0 radical (unpaired) electrons. The number of hydrogen-bond donors (Lipinski definition) is 0. The van der Waals surface area contributed by atoms with Gasteiger partial charge in [0.15, 0.2) is 5.78 Å². The third-order valence-corrected chi connectivity index (χ3v) is 3.30. The molecule has 1 atom stereocenters. The highest BCUT2D eigenvalue weighted by Gasteiger charge is 2.38. The molecule has 2 aliphatic rings. The van der Waals surface area contributed by atoms with Crippen molar-refractivity contribution in [3.05, 3.63) is 36.5 Å². The van der Waals surface area contributed by atoms with E-state index in [1.165, 1.54) is 0 Å². The molecule has 0 aromatic carbocycles. The fourth-order valence-electron chi connectivity index (χ4n) is 2.47. The van der Waals surface area contributed by atoms with Crippen molar-refractivity contribution in [1.29, 1.82) is 0 Å². The molecule has 1 spiro atoms. The molecule has 0 heterocycles. The third kappa shape index (κ3) is 1.84. The molecule has 2 rings (SSSR count). The summed E-state index contributed by atoms with van der Waals surface area (Å²) in [5.74, 6) is 0.329. The highest BCUT2D eigenvalue weighted by Crippen LogP contribution is 2.48. The van der Waals surface area contributed by atoms with E-state index in [4.69, 9.17) is 0 Å². The summed E-state index contributed by atoms with van der Waals surface area (Å²) in [5.41, 5.74) is 1.09. The topological polar surface area (TPSA) is 34.1 Å². The van der Waals surface area contributed by atoms with Crippen LogP contribution in [0.2, 0.25) is 0 Å². The minimum Gasteiger partial charge on any atom is -0.303 e. The standard InChI is InChI=1S/C13H14O2/c1-10-8-13(9-11(10)4-7-14)5-2-12(15)3-6-13/h2-3,5-7,11H,1,4,8-9H2/t11-/m1/s1. The molecule has 0 aromatic heterocycles. The van der Waals surface area contributed by atoms with E-state index < -0.39 is 0 Å². The number of aldehydes is 1. The van der Waals surface area contributed by atoms with Gasteiger partial charge in [-0.15, -0.1) is 0 Å². The van der Waals surface area contributed by atoms with Gasteiger partial charge in [0.1, 0.15) is 6.29 Å². The predicted octanol–water partition coefficient (Wildman–Crippen LogP) is 2.22. The molecule has 0 saturated heterocycles. The molecule has 78 valence electrons. The lowest BCUT2D eigenvalue weighted by Crippen LogP contribution is -2.14. The van der Waals surface area contributed by atoms with Crippen molar-refractivity contribution in [2.24, 2.45) is 11.3 Å². The highest BCUT2D eigenvalue weighted by atomic mass is 16.1. The summed E-state index contributed by atoms with van der Waals surface area (Å²) >= 11 is 0. The molecule has 1 fully saturated rings. The first-order valence-electron chi connectivity index (χ1n) is 5.19. The van der Waals surface area contributed by atoms with Crippen LogP contribution < -0.4 is 0 Å². The zero-order chi connectivity index (χ0) is 10.9. The Morgan fingerprint density at radius 1 is 1.47 bits per heavy atom. The van der Waals surface area contributed by atoms with Crippen LogP contribution in [0.1, 0.15) is 19.3 Å². The second-order valence-corrected chi connectivity index (χ2v) is 4.44. The number of ketones is 1. The van der Waals surface area contributed by atoms with Crippen LogP contribution in [0, 0.1) is 11.3 Å². The summed E-state index contributed by atoms with van der Waals surface area (Å²) in [4.78, 5) is 21.5. The van der Waals surface area contributed by atoms with Gasteiger partial charge in [-0.2, -0.15) is 0 Å². The Hall–Kier alpha value is -1.44. The Morgan fingerprint density at radius 2 is 2.13 bits per heavy atom. The van der Waals surface area contributed by atoms with E-state index >= 15 is 0 Å². The fourth-order valence-corrected chi connectivity index (χ4v) is 2.47. The van der Waals surface area contributed by atoms with Crippen LogP contribution in [0.25, 0.3) is 0 Å². The van der Waals surface area contributed by atoms with E-state index in [-0.39, 0.29) is 17.1 Å². The summed E-state index contributed by atoms with van der Waals surface area (Å²) in [7, 11) is 0. The molecule has 1 saturated carbocycles. The molecule has 0 bridgehead atoms. The SMILES string of the molecule is C=C1CC2(C=CC(=O)C=C2)C[C@H]1CC=O. The maximum atomic E-state index is 11.0. The summed E-state index contributed by atoms with van der Waals surface area (Å²) in [6.07, 6.45) is 10.5. The Morgan fingerprint density at radius 3 is 2.73 bits per heavy atom. The molecule has 15 heavy (non-hydrogen) atoms. The second kappa shape index (κ2) is 3.61. The number of carbonyl (C=O) groups is 2. The number of allylic oxidation sites excluding steroid dienone is 5. The monoisotopic (exact) mass is 202 g/mol. The first kappa shape index (κ1) is 10.1. The van der Waals surface area contributed by atoms with Gasteiger partial charge in [0.25, 0.3) is 0 Å². The Kier molecular flexibility index (Phi) is 2.43. The van der Waals surface area contributed by atoms with Crippen molar-refractivity contribution in [3.63, 3.8) is 0 Å². The largest absolute Gasteiger partial charge is 0.303 e. The average Bonchev–Trinajstić information content (AvgIpc) is 2.50. The van der Waals surface area contributed by atoms with Gasteiger partial charge < -0.3 is 4.79 Å². The van der Waals surface area contributed by atoms with Crippen molar-refractivity contribution >= 4 is 12.1 Å². The van der Waals surface area contributed by atoms with Crippen molar-refractivity contribution in [2.45, 2.75) is 19.3 Å². The number of carbonyl (C=O) groups excluding carboxylic acids is 2. The maximum Gasteiger partial charge on any atom is 0.178 e. The van der Waals surface area contributed by atoms with Crippen LogP contribution in [0.15, 0.2) is 36.5 Å². The summed E-state index contributed by atoms with van der Waals surface area (Å²) < 4.78 is 0. The van der Waals surface area contributed by atoms with E-state index in [9.17, 15) is 9.59 Å². The van der Waals surface area contributed by atoms with Gasteiger partial charge in [0.2, 0.25) is 0 Å². The van der Waals surface area contributed by atoms with Crippen LogP contribution in [-0.4, -0.2) is 12.1 Å². The van der Waals surface area contributed by atoms with Crippen molar-refractivity contribution < 1.29 is 9.59 Å². The summed E-state index contributed by atoms with van der Waals surface area (Å²) in [6.45, 7) is 4.01. The van der Waals surface area contributed by atoms with E-state index in [1.807, 2.05) is 12.2 Å². The zero-order valence-electron chi connectivity index (χ0n) is 8.61.